The lowest BCUT2D eigenvalue weighted by atomic mass is 9.94. The number of amides is 2. The number of ether oxygens (including phenoxy) is 1. The smallest absolute Gasteiger partial charge is 0.245 e. The third-order valence-electron chi connectivity index (χ3n) is 4.06. The summed E-state index contributed by atoms with van der Waals surface area (Å²) in [6.07, 6.45) is -0.760. The van der Waals surface area contributed by atoms with Gasteiger partial charge in [0, 0.05) is 6.42 Å². The maximum atomic E-state index is 12.6. The summed E-state index contributed by atoms with van der Waals surface area (Å²) in [5, 5.41) is 24.3. The average molecular weight is 370 g/mol. The summed E-state index contributed by atoms with van der Waals surface area (Å²) in [4.78, 5) is 37.1. The van der Waals surface area contributed by atoms with Crippen LogP contribution in [0, 0.1) is 5.92 Å². The highest BCUT2D eigenvalue weighted by atomic mass is 16.6. The van der Waals surface area contributed by atoms with Crippen molar-refractivity contribution in [2.24, 2.45) is 5.92 Å². The van der Waals surface area contributed by atoms with E-state index >= 15 is 0 Å². The standard InChI is InChI=1S/C18H30N2O6/c1-10(2)6-13(16(24)18(8-21)9-26-18)19-17(25)15(12(5)22)20-14(23)7-11(3)4/h11-13,15,21-22H,1,6-9H2,2-5H3,(H,19,25)(H,20,23)/t12-,13?,15+,18?/m1/s1. The first-order valence-corrected chi connectivity index (χ1v) is 8.73. The largest absolute Gasteiger partial charge is 0.393 e. The molecule has 1 heterocycles. The van der Waals surface area contributed by atoms with Crippen molar-refractivity contribution < 1.29 is 29.3 Å². The van der Waals surface area contributed by atoms with Crippen LogP contribution in [-0.2, 0) is 19.1 Å². The van der Waals surface area contributed by atoms with Gasteiger partial charge >= 0.3 is 0 Å². The van der Waals surface area contributed by atoms with E-state index in [0.717, 1.165) is 0 Å². The molecule has 1 aliphatic heterocycles. The van der Waals surface area contributed by atoms with Crippen molar-refractivity contribution in [1.82, 2.24) is 10.6 Å². The average Bonchev–Trinajstić information content (AvgIpc) is 3.30. The van der Waals surface area contributed by atoms with Crippen LogP contribution in [-0.4, -0.2) is 64.8 Å². The van der Waals surface area contributed by atoms with Gasteiger partial charge < -0.3 is 25.6 Å². The van der Waals surface area contributed by atoms with Crippen LogP contribution in [0.15, 0.2) is 12.2 Å². The van der Waals surface area contributed by atoms with Crippen LogP contribution in [0.1, 0.15) is 40.5 Å². The summed E-state index contributed by atoms with van der Waals surface area (Å²) in [6, 6.07) is -2.15. The molecule has 8 heteroatoms. The maximum Gasteiger partial charge on any atom is 0.245 e. The molecular formula is C18H30N2O6. The number of carbonyl (C=O) groups is 3. The number of carbonyl (C=O) groups excluding carboxylic acids is 3. The van der Waals surface area contributed by atoms with Gasteiger partial charge in [0.1, 0.15) is 6.04 Å². The Bertz CT molecular complexity index is 554. The molecule has 26 heavy (non-hydrogen) atoms. The number of rotatable bonds is 11. The Morgan fingerprint density at radius 1 is 1.19 bits per heavy atom. The first-order valence-electron chi connectivity index (χ1n) is 8.73. The molecule has 0 aliphatic carbocycles. The van der Waals surface area contributed by atoms with E-state index in [1.807, 2.05) is 13.8 Å². The Morgan fingerprint density at radius 2 is 1.77 bits per heavy atom. The van der Waals surface area contributed by atoms with Crippen LogP contribution in [0.25, 0.3) is 0 Å². The molecule has 4 atom stereocenters. The monoisotopic (exact) mass is 370 g/mol. The number of aliphatic hydroxyl groups is 2. The molecule has 0 aromatic rings. The molecule has 0 spiro atoms. The van der Waals surface area contributed by atoms with Crippen molar-refractivity contribution >= 4 is 17.6 Å². The molecule has 2 unspecified atom stereocenters. The minimum atomic E-state index is -1.28. The second-order valence-electron chi connectivity index (χ2n) is 7.41. The van der Waals surface area contributed by atoms with Gasteiger partial charge in [0.15, 0.2) is 11.4 Å². The molecule has 0 aromatic carbocycles. The Balaban J connectivity index is 2.86. The fourth-order valence-corrected chi connectivity index (χ4v) is 2.54. The molecule has 0 saturated carbocycles. The second kappa shape index (κ2) is 9.25. The predicted molar refractivity (Wildman–Crippen MR) is 95.2 cm³/mol. The molecule has 8 nitrogen and oxygen atoms in total. The third kappa shape index (κ3) is 6.19. The Hall–Kier alpha value is -1.77. The molecule has 148 valence electrons. The molecule has 0 radical (unpaired) electrons. The van der Waals surface area contributed by atoms with E-state index in [1.165, 1.54) is 6.92 Å². The molecule has 0 aromatic heterocycles. The van der Waals surface area contributed by atoms with Crippen molar-refractivity contribution in [2.45, 2.75) is 64.3 Å². The minimum Gasteiger partial charge on any atom is -0.393 e. The number of nitrogens with one attached hydrogen (secondary N) is 2. The van der Waals surface area contributed by atoms with Gasteiger partial charge in [-0.25, -0.2) is 0 Å². The topological polar surface area (TPSA) is 128 Å². The Labute approximate surface area is 154 Å². The number of aliphatic hydroxyl groups excluding tert-OH is 2. The Kier molecular flexibility index (Phi) is 7.92. The lowest BCUT2D eigenvalue weighted by molar-refractivity contribution is -0.135. The zero-order chi connectivity index (χ0) is 20.1. The van der Waals surface area contributed by atoms with Gasteiger partial charge in [-0.15, -0.1) is 6.58 Å². The van der Waals surface area contributed by atoms with Crippen LogP contribution in [0.4, 0.5) is 0 Å². The normalized spacial score (nSPS) is 22.3. The van der Waals surface area contributed by atoms with E-state index in [1.54, 1.807) is 6.92 Å². The van der Waals surface area contributed by atoms with Crippen LogP contribution < -0.4 is 10.6 Å². The van der Waals surface area contributed by atoms with Gasteiger partial charge in [-0.05, 0) is 26.2 Å². The number of epoxide rings is 1. The van der Waals surface area contributed by atoms with Crippen LogP contribution in [0.2, 0.25) is 0 Å². The predicted octanol–water partition coefficient (Wildman–Crippen LogP) is -0.320. The summed E-state index contributed by atoms with van der Waals surface area (Å²) >= 11 is 0. The number of Topliss-reactive ketones (excluding diaryl/α,β-unsaturated/α-hetero) is 1. The lowest BCUT2D eigenvalue weighted by Crippen LogP contribution is -2.57. The van der Waals surface area contributed by atoms with Gasteiger partial charge in [0.2, 0.25) is 11.8 Å². The van der Waals surface area contributed by atoms with E-state index in [2.05, 4.69) is 17.2 Å². The maximum absolute atomic E-state index is 12.6. The van der Waals surface area contributed by atoms with Crippen molar-refractivity contribution in [3.05, 3.63) is 12.2 Å². The van der Waals surface area contributed by atoms with Crippen molar-refractivity contribution in [3.8, 4) is 0 Å². The van der Waals surface area contributed by atoms with Crippen molar-refractivity contribution in [1.29, 1.82) is 0 Å². The van der Waals surface area contributed by atoms with Crippen LogP contribution >= 0.6 is 0 Å². The van der Waals surface area contributed by atoms with Gasteiger partial charge in [0.25, 0.3) is 0 Å². The molecule has 1 fully saturated rings. The molecule has 1 aliphatic rings. The van der Waals surface area contributed by atoms with E-state index in [9.17, 15) is 24.6 Å². The van der Waals surface area contributed by atoms with E-state index < -0.39 is 42.1 Å². The minimum absolute atomic E-state index is 0.0931. The van der Waals surface area contributed by atoms with Crippen LogP contribution in [0.5, 0.6) is 0 Å². The van der Waals surface area contributed by atoms with Crippen LogP contribution in [0.3, 0.4) is 0 Å². The Morgan fingerprint density at radius 3 is 2.15 bits per heavy atom. The highest BCUT2D eigenvalue weighted by Gasteiger charge is 2.54. The summed E-state index contributed by atoms with van der Waals surface area (Å²) in [5.74, 6) is -1.39. The molecule has 1 saturated heterocycles. The van der Waals surface area contributed by atoms with Gasteiger partial charge in [-0.1, -0.05) is 19.4 Å². The summed E-state index contributed by atoms with van der Waals surface area (Å²) in [5.41, 5.74) is -0.621. The zero-order valence-electron chi connectivity index (χ0n) is 15.9. The van der Waals surface area contributed by atoms with E-state index in [0.29, 0.717) is 5.57 Å². The first kappa shape index (κ1) is 22.3. The number of ketones is 1. The second-order valence-corrected chi connectivity index (χ2v) is 7.41. The SMILES string of the molecule is C=C(C)CC(NC(=O)[C@@H](NC(=O)CC(C)C)[C@@H](C)O)C(=O)C1(CO)CO1. The fourth-order valence-electron chi connectivity index (χ4n) is 2.54. The summed E-state index contributed by atoms with van der Waals surface area (Å²) < 4.78 is 5.07. The first-order chi connectivity index (χ1) is 12.0. The van der Waals surface area contributed by atoms with Gasteiger partial charge in [-0.3, -0.25) is 14.4 Å². The number of hydrogen-bond acceptors (Lipinski definition) is 6. The van der Waals surface area contributed by atoms with Crippen molar-refractivity contribution in [2.75, 3.05) is 13.2 Å². The van der Waals surface area contributed by atoms with Gasteiger partial charge in [0.05, 0.1) is 25.4 Å². The molecule has 0 bridgehead atoms. The molecule has 1 rings (SSSR count). The zero-order valence-corrected chi connectivity index (χ0v) is 15.9. The highest BCUT2D eigenvalue weighted by molar-refractivity contribution is 5.98. The molecular weight excluding hydrogens is 340 g/mol. The third-order valence-corrected chi connectivity index (χ3v) is 4.06. The summed E-state index contributed by atoms with van der Waals surface area (Å²) in [7, 11) is 0. The van der Waals surface area contributed by atoms with E-state index in [-0.39, 0.29) is 31.3 Å². The molecule has 2 amide bonds. The highest BCUT2D eigenvalue weighted by Crippen LogP contribution is 2.29. The number of hydrogen-bond donors (Lipinski definition) is 4. The fraction of sp³-hybridized carbons (Fsp3) is 0.722. The molecule has 4 N–H and O–H groups in total. The van der Waals surface area contributed by atoms with E-state index in [4.69, 9.17) is 4.74 Å². The quantitative estimate of drug-likeness (QED) is 0.291. The van der Waals surface area contributed by atoms with Gasteiger partial charge in [-0.2, -0.15) is 0 Å². The summed E-state index contributed by atoms with van der Waals surface area (Å²) in [6.45, 7) is 10.2. The van der Waals surface area contributed by atoms with Crippen molar-refractivity contribution in [3.63, 3.8) is 0 Å². The lowest BCUT2D eigenvalue weighted by Gasteiger charge is -2.26.